The summed E-state index contributed by atoms with van der Waals surface area (Å²) in [5.41, 5.74) is -3.86. The average molecular weight is 682 g/mol. The number of hydrogen-bond acceptors (Lipinski definition) is 11. The molecule has 6 rings (SSSR count). The molecule has 2 saturated heterocycles. The Morgan fingerprint density at radius 1 is 1.09 bits per heavy atom. The first-order valence-electron chi connectivity index (χ1n) is 15.9. The zero-order chi connectivity index (χ0) is 33.7. The highest BCUT2D eigenvalue weighted by Gasteiger charge is 2.62. The minimum Gasteiger partial charge on any atom is -0.463 e. The summed E-state index contributed by atoms with van der Waals surface area (Å²) in [4.78, 5) is 80.1. The van der Waals surface area contributed by atoms with Crippen LogP contribution >= 0.6 is 0 Å². The van der Waals surface area contributed by atoms with E-state index in [4.69, 9.17) is 4.74 Å². The highest BCUT2D eigenvalue weighted by Crippen LogP contribution is 2.46. The Labute approximate surface area is 269 Å². The molecule has 2 aliphatic carbocycles. The van der Waals surface area contributed by atoms with E-state index in [1.54, 1.807) is 6.08 Å². The fourth-order valence-electron chi connectivity index (χ4n) is 6.86. The molecule has 14 nitrogen and oxygen atoms in total. The van der Waals surface area contributed by atoms with Crippen molar-refractivity contribution >= 4 is 45.6 Å². The quantitative estimate of drug-likeness (QED) is 0.191. The number of halogens is 2. The standard InChI is InChI=1S/C30H37F2N5O9S/c31-29(32)10-11-36(15-29)23-22(24(39)25(23)40)33-20-7-5-3-1-2-4-6-17-13-30(17,28(43)35-47(44,45)19-8-9-19)34-26(41)21-12-18(46-16-38)14-37(21)27(20)42/h4,6,16-21,33H,1-3,5,7-15H2,(H,34,41)(H,35,43)/b6-4-/t17-,18-,20+,21+,30-/m1/s1. The second kappa shape index (κ2) is 12.3. The van der Waals surface area contributed by atoms with Gasteiger partial charge < -0.3 is 25.2 Å². The van der Waals surface area contributed by atoms with E-state index in [-0.39, 0.29) is 50.2 Å². The molecule has 5 aliphatic rings. The maximum Gasteiger partial charge on any atom is 0.293 e. The maximum absolute atomic E-state index is 14.1. The van der Waals surface area contributed by atoms with Crippen LogP contribution in [0.3, 0.4) is 0 Å². The number of fused-ring (bicyclic) bond motifs is 2. The molecule has 0 radical (unpaired) electrons. The van der Waals surface area contributed by atoms with E-state index < -0.39 is 92.4 Å². The molecule has 4 fully saturated rings. The minimum absolute atomic E-state index is 0.115. The predicted molar refractivity (Wildman–Crippen MR) is 163 cm³/mol. The van der Waals surface area contributed by atoms with Crippen molar-refractivity contribution < 1.29 is 41.1 Å². The van der Waals surface area contributed by atoms with Crippen LogP contribution in [0.25, 0.3) is 0 Å². The van der Waals surface area contributed by atoms with Gasteiger partial charge in [-0.3, -0.25) is 33.5 Å². The fourth-order valence-corrected chi connectivity index (χ4v) is 8.22. The first kappa shape index (κ1) is 33.0. The Bertz CT molecular complexity index is 1670. The van der Waals surface area contributed by atoms with E-state index >= 15 is 0 Å². The van der Waals surface area contributed by atoms with E-state index in [9.17, 15) is 46.0 Å². The van der Waals surface area contributed by atoms with E-state index in [0.717, 1.165) is 4.90 Å². The SMILES string of the molecule is O=CO[C@@H]1C[C@H]2C(=O)N[C@]3(C(=O)NS(=O)(=O)C4CC4)C[C@H]3/C=C\CCCCC[C@H](Nc3c(N4CCC(F)(F)C4)c(=O)c3=O)C(=O)N2C1. The molecule has 0 unspecified atom stereocenters. The number of amides is 3. The summed E-state index contributed by atoms with van der Waals surface area (Å²) < 4.78 is 60.4. The van der Waals surface area contributed by atoms with E-state index in [0.29, 0.717) is 38.5 Å². The van der Waals surface area contributed by atoms with E-state index in [1.165, 1.54) is 4.90 Å². The Kier molecular flexibility index (Phi) is 8.63. The van der Waals surface area contributed by atoms with Crippen LogP contribution in [0.4, 0.5) is 20.2 Å². The third kappa shape index (κ3) is 6.50. The van der Waals surface area contributed by atoms with Gasteiger partial charge in [0.1, 0.15) is 35.1 Å². The molecule has 5 atom stereocenters. The zero-order valence-corrected chi connectivity index (χ0v) is 26.4. The van der Waals surface area contributed by atoms with Crippen molar-refractivity contribution in [3.05, 3.63) is 32.6 Å². The summed E-state index contributed by atoms with van der Waals surface area (Å²) >= 11 is 0. The van der Waals surface area contributed by atoms with Gasteiger partial charge in [0.2, 0.25) is 21.8 Å². The van der Waals surface area contributed by atoms with Gasteiger partial charge in [-0.05, 0) is 38.5 Å². The minimum atomic E-state index is -3.92. The maximum atomic E-state index is 14.1. The van der Waals surface area contributed by atoms with Crippen LogP contribution in [-0.2, 0) is 33.9 Å². The van der Waals surface area contributed by atoms with Crippen LogP contribution in [0.2, 0.25) is 0 Å². The van der Waals surface area contributed by atoms with E-state index in [2.05, 4.69) is 15.4 Å². The number of rotatable bonds is 8. The number of alkyl halides is 2. The molecule has 2 saturated carbocycles. The Morgan fingerprint density at radius 2 is 1.85 bits per heavy atom. The summed E-state index contributed by atoms with van der Waals surface area (Å²) in [6, 6.07) is -2.37. The molecule has 0 aromatic heterocycles. The van der Waals surface area contributed by atoms with Gasteiger partial charge in [-0.2, -0.15) is 0 Å². The molecule has 3 aliphatic heterocycles. The number of carbonyl (C=O) groups excluding carboxylic acids is 4. The number of allylic oxidation sites excluding steroid dienone is 1. The molecule has 256 valence electrons. The van der Waals surface area contributed by atoms with Crippen LogP contribution < -0.4 is 31.1 Å². The second-order valence-corrected chi connectivity index (χ2v) is 15.2. The first-order valence-corrected chi connectivity index (χ1v) is 17.5. The number of anilines is 2. The van der Waals surface area contributed by atoms with Crippen molar-refractivity contribution in [1.82, 2.24) is 14.9 Å². The third-order valence-electron chi connectivity index (χ3n) is 9.78. The lowest BCUT2D eigenvalue weighted by Gasteiger charge is -2.31. The van der Waals surface area contributed by atoms with Crippen LogP contribution in [0.5, 0.6) is 0 Å². The molecule has 1 aromatic rings. The number of nitrogens with one attached hydrogen (secondary N) is 3. The van der Waals surface area contributed by atoms with Crippen LogP contribution in [-0.4, -0.2) is 92.0 Å². The summed E-state index contributed by atoms with van der Waals surface area (Å²) in [6.07, 6.45) is 5.79. The van der Waals surface area contributed by atoms with E-state index in [1.807, 2.05) is 6.08 Å². The molecular formula is C30H37F2N5O9S. The highest BCUT2D eigenvalue weighted by atomic mass is 32.2. The number of hydrogen-bond donors (Lipinski definition) is 3. The van der Waals surface area contributed by atoms with Gasteiger partial charge in [-0.25, -0.2) is 17.2 Å². The second-order valence-electron chi connectivity index (χ2n) is 13.2. The van der Waals surface area contributed by atoms with Crippen molar-refractivity contribution in [2.24, 2.45) is 5.92 Å². The van der Waals surface area contributed by atoms with Crippen LogP contribution in [0.1, 0.15) is 64.2 Å². The van der Waals surface area contributed by atoms with Crippen molar-refractivity contribution in [2.75, 3.05) is 29.9 Å². The van der Waals surface area contributed by atoms with Crippen molar-refractivity contribution in [1.29, 1.82) is 0 Å². The van der Waals surface area contributed by atoms with Gasteiger partial charge in [0.25, 0.3) is 29.2 Å². The average Bonchev–Trinajstić information content (AvgIpc) is 3.92. The molecule has 0 bridgehead atoms. The Hall–Kier alpha value is -3.89. The van der Waals surface area contributed by atoms with Crippen LogP contribution in [0, 0.1) is 5.92 Å². The topological polar surface area (TPSA) is 188 Å². The lowest BCUT2D eigenvalue weighted by atomic mass is 10.0. The number of sulfonamides is 1. The van der Waals surface area contributed by atoms with Gasteiger partial charge in [-0.1, -0.05) is 25.0 Å². The van der Waals surface area contributed by atoms with Gasteiger partial charge in [0.15, 0.2) is 0 Å². The summed E-state index contributed by atoms with van der Waals surface area (Å²) in [5.74, 6) is -5.80. The molecule has 47 heavy (non-hydrogen) atoms. The largest absolute Gasteiger partial charge is 0.463 e. The van der Waals surface area contributed by atoms with Crippen molar-refractivity contribution in [3.8, 4) is 0 Å². The zero-order valence-electron chi connectivity index (χ0n) is 25.5. The lowest BCUT2D eigenvalue weighted by Crippen LogP contribution is -2.58. The Morgan fingerprint density at radius 3 is 2.53 bits per heavy atom. The molecule has 1 aromatic carbocycles. The molecule has 3 N–H and O–H groups in total. The lowest BCUT2D eigenvalue weighted by molar-refractivity contribution is -0.140. The number of nitrogens with zero attached hydrogens (tertiary/aromatic N) is 2. The normalized spacial score (nSPS) is 32.0. The van der Waals surface area contributed by atoms with Crippen molar-refractivity contribution in [3.63, 3.8) is 0 Å². The molecule has 3 amide bonds. The first-order chi connectivity index (χ1) is 22.3. The predicted octanol–water partition coefficient (Wildman–Crippen LogP) is 0.0546. The fraction of sp³-hybridized carbons (Fsp3) is 0.667. The summed E-state index contributed by atoms with van der Waals surface area (Å²) in [5, 5.41) is 4.87. The Balaban J connectivity index is 1.28. The summed E-state index contributed by atoms with van der Waals surface area (Å²) in [7, 11) is -3.92. The number of ether oxygens (including phenoxy) is 1. The molecule has 0 spiro atoms. The van der Waals surface area contributed by atoms with Crippen molar-refractivity contribution in [2.45, 2.75) is 99.1 Å². The number of carbonyl (C=O) groups is 4. The highest BCUT2D eigenvalue weighted by molar-refractivity contribution is 7.91. The van der Waals surface area contributed by atoms with Gasteiger partial charge in [-0.15, -0.1) is 0 Å². The molecule has 17 heteroatoms. The molecule has 3 heterocycles. The monoisotopic (exact) mass is 681 g/mol. The van der Waals surface area contributed by atoms with Gasteiger partial charge in [0, 0.05) is 25.3 Å². The summed E-state index contributed by atoms with van der Waals surface area (Å²) in [6.45, 7) is -0.883. The van der Waals surface area contributed by atoms with Crippen LogP contribution in [0.15, 0.2) is 21.7 Å². The third-order valence-corrected chi connectivity index (χ3v) is 11.6. The smallest absolute Gasteiger partial charge is 0.293 e. The van der Waals surface area contributed by atoms with Gasteiger partial charge in [0.05, 0.1) is 18.3 Å². The molecular weight excluding hydrogens is 644 g/mol. The van der Waals surface area contributed by atoms with Gasteiger partial charge >= 0.3 is 0 Å².